The number of ketones is 1. The first-order chi connectivity index (χ1) is 9.79. The number of benzene rings is 2. The van der Waals surface area contributed by atoms with Crippen LogP contribution < -0.4 is 10.1 Å². The molecule has 0 amide bonds. The summed E-state index contributed by atoms with van der Waals surface area (Å²) >= 11 is 0. The highest BCUT2D eigenvalue weighted by Gasteiger charge is 2.18. The van der Waals surface area contributed by atoms with Crippen LogP contribution in [0.3, 0.4) is 0 Å². The molecule has 0 fully saturated rings. The Balaban J connectivity index is 1.97. The molecule has 1 heterocycles. The third kappa shape index (κ3) is 2.32. The van der Waals surface area contributed by atoms with Gasteiger partial charge in [-0.3, -0.25) is 4.79 Å². The maximum atomic E-state index is 12.7. The van der Waals surface area contributed by atoms with Crippen LogP contribution >= 0.6 is 0 Å². The minimum absolute atomic E-state index is 0.0893. The molecule has 0 bridgehead atoms. The first kappa shape index (κ1) is 12.9. The maximum absolute atomic E-state index is 12.7. The van der Waals surface area contributed by atoms with E-state index < -0.39 is 0 Å². The maximum Gasteiger partial charge on any atom is 0.193 e. The molecule has 1 aliphatic rings. The second-order valence-electron chi connectivity index (χ2n) is 4.93. The quantitative estimate of drug-likeness (QED) is 0.869. The van der Waals surface area contributed by atoms with Gasteiger partial charge in [0, 0.05) is 17.7 Å². The van der Waals surface area contributed by atoms with Crippen LogP contribution in [0.2, 0.25) is 0 Å². The molecule has 20 heavy (non-hydrogen) atoms. The number of rotatable bonds is 3. The summed E-state index contributed by atoms with van der Waals surface area (Å²) in [7, 11) is 1.62. The average molecular weight is 267 g/mol. The number of carbonyl (C=O) groups excluding carboxylic acids is 1. The number of ether oxygens (including phenoxy) is 1. The summed E-state index contributed by atoms with van der Waals surface area (Å²) in [6.45, 7) is 1.78. The van der Waals surface area contributed by atoms with Gasteiger partial charge in [-0.2, -0.15) is 0 Å². The van der Waals surface area contributed by atoms with Crippen LogP contribution in [0.4, 0.5) is 0 Å². The van der Waals surface area contributed by atoms with E-state index in [1.54, 1.807) is 7.11 Å². The Bertz CT molecular complexity index is 632. The van der Waals surface area contributed by atoms with Crippen molar-refractivity contribution in [2.45, 2.75) is 13.0 Å². The van der Waals surface area contributed by atoms with Gasteiger partial charge < -0.3 is 10.1 Å². The zero-order valence-electron chi connectivity index (χ0n) is 11.5. The normalized spacial score (nSPS) is 13.7. The summed E-state index contributed by atoms with van der Waals surface area (Å²) in [5.41, 5.74) is 3.95. The van der Waals surface area contributed by atoms with E-state index in [2.05, 4.69) is 11.4 Å². The molecule has 3 nitrogen and oxygen atoms in total. The molecule has 2 aromatic rings. The lowest BCUT2D eigenvalue weighted by atomic mass is 9.91. The highest BCUT2D eigenvalue weighted by molar-refractivity contribution is 6.10. The highest BCUT2D eigenvalue weighted by atomic mass is 16.5. The minimum Gasteiger partial charge on any atom is -0.497 e. The van der Waals surface area contributed by atoms with Gasteiger partial charge in [0.15, 0.2) is 5.78 Å². The fraction of sp³-hybridized carbons (Fsp3) is 0.235. The number of nitrogens with one attached hydrogen (secondary N) is 1. The molecule has 1 N–H and O–H groups in total. The van der Waals surface area contributed by atoms with E-state index in [-0.39, 0.29) is 5.78 Å². The SMILES string of the molecule is COc1ccc(C(=O)c2cccc3c2CCNC3)cc1. The fourth-order valence-corrected chi connectivity index (χ4v) is 2.64. The lowest BCUT2D eigenvalue weighted by Crippen LogP contribution is -2.25. The van der Waals surface area contributed by atoms with Crippen LogP contribution in [0.25, 0.3) is 0 Å². The van der Waals surface area contributed by atoms with Crippen LogP contribution in [0, 0.1) is 0 Å². The Labute approximate surface area is 118 Å². The Kier molecular flexibility index (Phi) is 3.52. The van der Waals surface area contributed by atoms with E-state index in [4.69, 9.17) is 4.74 Å². The van der Waals surface area contributed by atoms with Crippen LogP contribution in [0.15, 0.2) is 42.5 Å². The van der Waals surface area contributed by atoms with E-state index >= 15 is 0 Å². The van der Waals surface area contributed by atoms with Gasteiger partial charge in [0.1, 0.15) is 5.75 Å². The summed E-state index contributed by atoms with van der Waals surface area (Å²) in [5.74, 6) is 0.854. The molecule has 2 aromatic carbocycles. The molecule has 0 saturated heterocycles. The van der Waals surface area contributed by atoms with Crippen LogP contribution in [-0.4, -0.2) is 19.4 Å². The Morgan fingerprint density at radius 3 is 2.70 bits per heavy atom. The third-order valence-electron chi connectivity index (χ3n) is 3.74. The molecule has 102 valence electrons. The predicted molar refractivity (Wildman–Crippen MR) is 78.3 cm³/mol. The predicted octanol–water partition coefficient (Wildman–Crippen LogP) is 2.57. The van der Waals surface area contributed by atoms with Crippen molar-refractivity contribution in [3.8, 4) is 5.75 Å². The van der Waals surface area contributed by atoms with E-state index in [0.717, 1.165) is 30.8 Å². The van der Waals surface area contributed by atoms with Crippen molar-refractivity contribution in [3.05, 3.63) is 64.7 Å². The third-order valence-corrected chi connectivity index (χ3v) is 3.74. The molecule has 0 atom stereocenters. The topological polar surface area (TPSA) is 38.3 Å². The number of fused-ring (bicyclic) bond motifs is 1. The van der Waals surface area contributed by atoms with Gasteiger partial charge in [0.05, 0.1) is 7.11 Å². The van der Waals surface area contributed by atoms with Crippen molar-refractivity contribution in [2.24, 2.45) is 0 Å². The van der Waals surface area contributed by atoms with Crippen LogP contribution in [0.5, 0.6) is 5.75 Å². The molecule has 1 aliphatic heterocycles. The first-order valence-electron chi connectivity index (χ1n) is 6.80. The average Bonchev–Trinajstić information content (AvgIpc) is 2.54. The van der Waals surface area contributed by atoms with Gasteiger partial charge in [-0.25, -0.2) is 0 Å². The molecule has 3 heteroatoms. The van der Waals surface area contributed by atoms with Crippen molar-refractivity contribution in [1.82, 2.24) is 5.32 Å². The van der Waals surface area contributed by atoms with Crippen molar-refractivity contribution in [2.75, 3.05) is 13.7 Å². The molecule has 0 aliphatic carbocycles. The van der Waals surface area contributed by atoms with Crippen molar-refractivity contribution < 1.29 is 9.53 Å². The van der Waals surface area contributed by atoms with Gasteiger partial charge in [-0.05, 0) is 48.4 Å². The Morgan fingerprint density at radius 1 is 1.15 bits per heavy atom. The van der Waals surface area contributed by atoms with E-state index in [1.165, 1.54) is 11.1 Å². The van der Waals surface area contributed by atoms with Gasteiger partial charge in [-0.1, -0.05) is 18.2 Å². The number of hydrogen-bond acceptors (Lipinski definition) is 3. The minimum atomic E-state index is 0.0893. The van der Waals surface area contributed by atoms with Gasteiger partial charge >= 0.3 is 0 Å². The summed E-state index contributed by atoms with van der Waals surface area (Å²) in [4.78, 5) is 12.7. The van der Waals surface area contributed by atoms with E-state index in [9.17, 15) is 4.79 Å². The summed E-state index contributed by atoms with van der Waals surface area (Å²) in [5, 5.41) is 3.33. The zero-order chi connectivity index (χ0) is 13.9. The Morgan fingerprint density at radius 2 is 1.95 bits per heavy atom. The lowest BCUT2D eigenvalue weighted by molar-refractivity contribution is 0.103. The van der Waals surface area contributed by atoms with Crippen molar-refractivity contribution in [1.29, 1.82) is 0 Å². The monoisotopic (exact) mass is 267 g/mol. The summed E-state index contributed by atoms with van der Waals surface area (Å²) in [6, 6.07) is 13.3. The molecule has 0 spiro atoms. The molecular formula is C17H17NO2. The van der Waals surface area contributed by atoms with Crippen molar-refractivity contribution in [3.63, 3.8) is 0 Å². The lowest BCUT2D eigenvalue weighted by Gasteiger charge is -2.19. The van der Waals surface area contributed by atoms with Crippen LogP contribution in [0.1, 0.15) is 27.0 Å². The molecule has 0 unspecified atom stereocenters. The smallest absolute Gasteiger partial charge is 0.193 e. The highest BCUT2D eigenvalue weighted by Crippen LogP contribution is 2.22. The zero-order valence-corrected chi connectivity index (χ0v) is 11.5. The van der Waals surface area contributed by atoms with Gasteiger partial charge in [0.2, 0.25) is 0 Å². The second-order valence-corrected chi connectivity index (χ2v) is 4.93. The second kappa shape index (κ2) is 5.47. The number of methoxy groups -OCH3 is 1. The van der Waals surface area contributed by atoms with E-state index in [0.29, 0.717) is 5.56 Å². The summed E-state index contributed by atoms with van der Waals surface area (Å²) in [6.07, 6.45) is 0.910. The first-order valence-corrected chi connectivity index (χ1v) is 6.80. The fourth-order valence-electron chi connectivity index (χ4n) is 2.64. The van der Waals surface area contributed by atoms with E-state index in [1.807, 2.05) is 36.4 Å². The number of hydrogen-bond donors (Lipinski definition) is 1. The summed E-state index contributed by atoms with van der Waals surface area (Å²) < 4.78 is 5.13. The molecule has 0 radical (unpaired) electrons. The molecule has 3 rings (SSSR count). The standard InChI is InChI=1S/C17H17NO2/c1-20-14-7-5-12(6-8-14)17(19)16-4-2-3-13-11-18-10-9-15(13)16/h2-8,18H,9-11H2,1H3. The molecule has 0 saturated carbocycles. The van der Waals surface area contributed by atoms with Crippen molar-refractivity contribution >= 4 is 5.78 Å². The van der Waals surface area contributed by atoms with Gasteiger partial charge in [0.25, 0.3) is 0 Å². The largest absolute Gasteiger partial charge is 0.497 e. The van der Waals surface area contributed by atoms with Crippen LogP contribution in [-0.2, 0) is 13.0 Å². The molecule has 0 aromatic heterocycles. The Hall–Kier alpha value is -2.13. The molecular weight excluding hydrogens is 250 g/mol. The number of carbonyl (C=O) groups is 1. The van der Waals surface area contributed by atoms with Gasteiger partial charge in [-0.15, -0.1) is 0 Å².